The second-order valence-corrected chi connectivity index (χ2v) is 6.22. The quantitative estimate of drug-likeness (QED) is 0.862. The van der Waals surface area contributed by atoms with Gasteiger partial charge in [-0.25, -0.2) is 0 Å². The molecule has 19 heavy (non-hydrogen) atoms. The highest BCUT2D eigenvalue weighted by atomic mass is 16.5. The van der Waals surface area contributed by atoms with Crippen LogP contribution in [0.5, 0.6) is 0 Å². The first-order chi connectivity index (χ1) is 8.87. The third-order valence-electron chi connectivity index (χ3n) is 3.53. The molecule has 2 rings (SSSR count). The van der Waals surface area contributed by atoms with Crippen molar-refractivity contribution < 1.29 is 14.4 Å². The zero-order valence-electron chi connectivity index (χ0n) is 12.1. The van der Waals surface area contributed by atoms with E-state index < -0.39 is 5.60 Å². The Hall–Kier alpha value is -0.980. The molecule has 0 aliphatic carbocycles. The van der Waals surface area contributed by atoms with Crippen molar-refractivity contribution >= 4 is 0 Å². The molecule has 1 saturated heterocycles. The number of ether oxygens (including phenoxy) is 1. The Morgan fingerprint density at radius 2 is 2.00 bits per heavy atom. The molecule has 1 aromatic heterocycles. The number of aliphatic hydroxyl groups is 1. The Balaban J connectivity index is 2.23. The van der Waals surface area contributed by atoms with E-state index in [2.05, 4.69) is 36.2 Å². The topological polar surface area (TPSA) is 80.4 Å². The Bertz CT molecular complexity index is 419. The maximum absolute atomic E-state index is 10.5. The third-order valence-corrected chi connectivity index (χ3v) is 3.53. The summed E-state index contributed by atoms with van der Waals surface area (Å²) in [5.74, 6) is 0.798. The van der Waals surface area contributed by atoms with Crippen molar-refractivity contribution in [2.45, 2.75) is 45.3 Å². The summed E-state index contributed by atoms with van der Waals surface area (Å²) in [6, 6.07) is 0. The Kier molecular flexibility index (Phi) is 3.94. The maximum Gasteiger partial charge on any atom is 0.258 e. The van der Waals surface area contributed by atoms with Crippen LogP contribution in [0.15, 0.2) is 4.52 Å². The van der Waals surface area contributed by atoms with Crippen LogP contribution in [-0.2, 0) is 10.3 Å². The molecule has 2 heterocycles. The highest BCUT2D eigenvalue weighted by molar-refractivity contribution is 5.04. The average Bonchev–Trinajstić information content (AvgIpc) is 2.79. The fourth-order valence-electron chi connectivity index (χ4n) is 2.43. The molecule has 2 N–H and O–H groups in total. The van der Waals surface area contributed by atoms with Crippen LogP contribution in [0, 0.1) is 5.41 Å². The third kappa shape index (κ3) is 2.96. The Morgan fingerprint density at radius 1 is 1.37 bits per heavy atom. The zero-order valence-corrected chi connectivity index (χ0v) is 12.1. The summed E-state index contributed by atoms with van der Waals surface area (Å²) >= 11 is 0. The lowest BCUT2D eigenvalue weighted by molar-refractivity contribution is -0.0228. The summed E-state index contributed by atoms with van der Waals surface area (Å²) in [5, 5.41) is 17.7. The van der Waals surface area contributed by atoms with Gasteiger partial charge in [-0.15, -0.1) is 0 Å². The van der Waals surface area contributed by atoms with Crippen molar-refractivity contribution in [2.24, 2.45) is 5.41 Å². The highest BCUT2D eigenvalue weighted by Gasteiger charge is 2.39. The van der Waals surface area contributed by atoms with Gasteiger partial charge < -0.3 is 19.7 Å². The lowest BCUT2D eigenvalue weighted by atomic mass is 9.88. The van der Waals surface area contributed by atoms with Crippen molar-refractivity contribution in [1.29, 1.82) is 0 Å². The molecule has 0 spiro atoms. The predicted molar refractivity (Wildman–Crippen MR) is 69.5 cm³/mol. The van der Waals surface area contributed by atoms with Gasteiger partial charge in [0, 0.05) is 7.11 Å². The van der Waals surface area contributed by atoms with Gasteiger partial charge in [-0.2, -0.15) is 4.98 Å². The molecule has 1 aromatic rings. The van der Waals surface area contributed by atoms with Crippen LogP contribution in [0.4, 0.5) is 0 Å². The number of hydrogen-bond donors (Lipinski definition) is 2. The molecule has 6 heteroatoms. The molecule has 1 aliphatic heterocycles. The summed E-state index contributed by atoms with van der Waals surface area (Å²) in [6.45, 7) is 7.66. The summed E-state index contributed by atoms with van der Waals surface area (Å²) in [5.41, 5.74) is -1.14. The van der Waals surface area contributed by atoms with Crippen LogP contribution in [0.2, 0.25) is 0 Å². The first kappa shape index (κ1) is 14.4. The van der Waals surface area contributed by atoms with E-state index in [1.165, 1.54) is 0 Å². The van der Waals surface area contributed by atoms with Crippen molar-refractivity contribution in [1.82, 2.24) is 15.5 Å². The standard InChI is InChI=1S/C13H23N3O3/c1-12(2,3)9(18-4)10-15-11(19-16-10)13(17)5-7-14-8-6-13/h9,14,17H,5-8H2,1-4H3. The number of hydrogen-bond acceptors (Lipinski definition) is 6. The maximum atomic E-state index is 10.5. The highest BCUT2D eigenvalue weighted by Crippen LogP contribution is 2.36. The van der Waals surface area contributed by atoms with Crippen molar-refractivity contribution in [3.63, 3.8) is 0 Å². The Labute approximate surface area is 113 Å². The van der Waals surface area contributed by atoms with Gasteiger partial charge in [-0.3, -0.25) is 0 Å². The first-order valence-electron chi connectivity index (χ1n) is 6.67. The van der Waals surface area contributed by atoms with Crippen LogP contribution in [0.25, 0.3) is 0 Å². The van der Waals surface area contributed by atoms with Gasteiger partial charge in [0.25, 0.3) is 5.89 Å². The number of nitrogens with zero attached hydrogens (tertiary/aromatic N) is 2. The molecular formula is C13H23N3O3. The normalized spacial score (nSPS) is 21.3. The van der Waals surface area contributed by atoms with E-state index in [0.717, 1.165) is 13.1 Å². The predicted octanol–water partition coefficient (Wildman–Crippen LogP) is 1.37. The number of methoxy groups -OCH3 is 1. The SMILES string of the molecule is COC(c1noc(C2(O)CCNCC2)n1)C(C)(C)C. The minimum absolute atomic E-state index is 0.132. The van der Waals surface area contributed by atoms with Crippen LogP contribution >= 0.6 is 0 Å². The van der Waals surface area contributed by atoms with E-state index >= 15 is 0 Å². The minimum atomic E-state index is -1.01. The van der Waals surface area contributed by atoms with Gasteiger partial charge in [-0.05, 0) is 31.3 Å². The molecule has 108 valence electrons. The van der Waals surface area contributed by atoms with Crippen LogP contribution in [0.1, 0.15) is 51.4 Å². The molecule has 6 nitrogen and oxygen atoms in total. The van der Waals surface area contributed by atoms with Crippen LogP contribution in [-0.4, -0.2) is 35.4 Å². The average molecular weight is 269 g/mol. The van der Waals surface area contributed by atoms with Gasteiger partial charge in [0.1, 0.15) is 11.7 Å². The van der Waals surface area contributed by atoms with E-state index in [-0.39, 0.29) is 11.5 Å². The van der Waals surface area contributed by atoms with Crippen molar-refractivity contribution in [2.75, 3.05) is 20.2 Å². The van der Waals surface area contributed by atoms with E-state index in [9.17, 15) is 5.11 Å². The molecule has 1 aliphatic rings. The van der Waals surface area contributed by atoms with E-state index in [0.29, 0.717) is 24.6 Å². The first-order valence-corrected chi connectivity index (χ1v) is 6.67. The number of nitrogens with one attached hydrogen (secondary N) is 1. The van der Waals surface area contributed by atoms with Crippen molar-refractivity contribution in [3.05, 3.63) is 11.7 Å². The Morgan fingerprint density at radius 3 is 2.53 bits per heavy atom. The molecule has 0 radical (unpaired) electrons. The molecular weight excluding hydrogens is 246 g/mol. The fraction of sp³-hybridized carbons (Fsp3) is 0.846. The molecule has 1 unspecified atom stereocenters. The second kappa shape index (κ2) is 5.19. The van der Waals surface area contributed by atoms with Gasteiger partial charge >= 0.3 is 0 Å². The van der Waals surface area contributed by atoms with Gasteiger partial charge in [0.15, 0.2) is 0 Å². The van der Waals surface area contributed by atoms with Crippen molar-refractivity contribution in [3.8, 4) is 0 Å². The molecule has 0 amide bonds. The lowest BCUT2D eigenvalue weighted by Gasteiger charge is -2.29. The molecule has 0 aromatic carbocycles. The van der Waals surface area contributed by atoms with Gasteiger partial charge in [0.2, 0.25) is 5.82 Å². The van der Waals surface area contributed by atoms with E-state index in [1.807, 2.05) is 0 Å². The monoisotopic (exact) mass is 269 g/mol. The molecule has 0 saturated carbocycles. The second-order valence-electron chi connectivity index (χ2n) is 6.22. The van der Waals surface area contributed by atoms with Gasteiger partial charge in [-0.1, -0.05) is 25.9 Å². The lowest BCUT2D eigenvalue weighted by Crippen LogP contribution is -2.40. The molecule has 1 fully saturated rings. The number of aromatic nitrogens is 2. The van der Waals surface area contributed by atoms with Crippen LogP contribution < -0.4 is 5.32 Å². The molecule has 1 atom stereocenters. The summed E-state index contributed by atoms with van der Waals surface area (Å²) < 4.78 is 10.7. The smallest absolute Gasteiger partial charge is 0.258 e. The van der Waals surface area contributed by atoms with E-state index in [1.54, 1.807) is 7.11 Å². The number of rotatable bonds is 3. The van der Waals surface area contributed by atoms with E-state index in [4.69, 9.17) is 9.26 Å². The van der Waals surface area contributed by atoms with Gasteiger partial charge in [0.05, 0.1) is 0 Å². The number of piperidine rings is 1. The largest absolute Gasteiger partial charge is 0.380 e. The summed E-state index contributed by atoms with van der Waals surface area (Å²) in [4.78, 5) is 4.36. The molecule has 0 bridgehead atoms. The minimum Gasteiger partial charge on any atom is -0.380 e. The van der Waals surface area contributed by atoms with Crippen LogP contribution in [0.3, 0.4) is 0 Å². The fourth-order valence-corrected chi connectivity index (χ4v) is 2.43. The summed E-state index contributed by atoms with van der Waals surface area (Å²) in [6.07, 6.45) is 0.916. The summed E-state index contributed by atoms with van der Waals surface area (Å²) in [7, 11) is 1.63. The zero-order chi connectivity index (χ0) is 14.1.